The highest BCUT2D eigenvalue weighted by Gasteiger charge is 2.16. The number of aromatic nitrogens is 3. The van der Waals surface area contributed by atoms with Crippen molar-refractivity contribution in [1.82, 2.24) is 25.6 Å². The van der Waals surface area contributed by atoms with Crippen LogP contribution in [0.5, 0.6) is 0 Å². The van der Waals surface area contributed by atoms with Gasteiger partial charge in [0.15, 0.2) is 23.3 Å². The first-order valence-electron chi connectivity index (χ1n) is 13.6. The Morgan fingerprint density at radius 1 is 0.651 bits per heavy atom. The molecular formula is C34H23Cl2N7. The van der Waals surface area contributed by atoms with Crippen molar-refractivity contribution in [2.75, 3.05) is 0 Å². The van der Waals surface area contributed by atoms with Crippen LogP contribution in [0.2, 0.25) is 0 Å². The second kappa shape index (κ2) is 11.3. The zero-order valence-electron chi connectivity index (χ0n) is 22.6. The largest absolute Gasteiger partial charge is 0.336 e. The first-order chi connectivity index (χ1) is 21.0. The molecule has 1 aliphatic rings. The number of hydrogen-bond acceptors (Lipinski definition) is 4. The number of nitrogens with zero attached hydrogens (tertiary/aromatic N) is 4. The Balaban J connectivity index is 1.28. The highest BCUT2D eigenvalue weighted by atomic mass is 35.5. The van der Waals surface area contributed by atoms with Crippen molar-refractivity contribution in [3.63, 3.8) is 0 Å². The average molecular weight is 601 g/mol. The van der Waals surface area contributed by atoms with Crippen LogP contribution in [0, 0.1) is 5.41 Å². The van der Waals surface area contributed by atoms with E-state index in [-0.39, 0.29) is 5.84 Å². The van der Waals surface area contributed by atoms with Gasteiger partial charge in [-0.25, -0.2) is 15.0 Å². The van der Waals surface area contributed by atoms with Gasteiger partial charge in [-0.15, -0.1) is 0 Å². The van der Waals surface area contributed by atoms with Crippen molar-refractivity contribution in [3.8, 4) is 34.2 Å². The summed E-state index contributed by atoms with van der Waals surface area (Å²) in [5.41, 5.74) is 2.68. The summed E-state index contributed by atoms with van der Waals surface area (Å²) in [4.78, 5) is 19.0. The molecule has 3 N–H and O–H groups in total. The van der Waals surface area contributed by atoms with E-state index in [4.69, 9.17) is 43.6 Å². The molecule has 0 amide bonds. The number of fused-ring (bicyclic) bond motifs is 2. The molecule has 1 aliphatic heterocycles. The van der Waals surface area contributed by atoms with Crippen LogP contribution in [0.25, 0.3) is 55.7 Å². The molecule has 0 bridgehead atoms. The number of hydrogen-bond donors (Lipinski definition) is 3. The fourth-order valence-electron chi connectivity index (χ4n) is 4.93. The van der Waals surface area contributed by atoms with Crippen LogP contribution in [0.1, 0.15) is 5.56 Å². The smallest absolute Gasteiger partial charge is 0.204 e. The molecule has 1 atom stereocenters. The lowest BCUT2D eigenvalue weighted by molar-refractivity contribution is 0.874. The van der Waals surface area contributed by atoms with E-state index >= 15 is 0 Å². The number of alkyl halides is 1. The minimum absolute atomic E-state index is 0.0427. The molecule has 6 aromatic rings. The molecule has 0 spiro atoms. The summed E-state index contributed by atoms with van der Waals surface area (Å²) >= 11 is 12.2. The number of nitrogens with one attached hydrogen (secondary N) is 3. The van der Waals surface area contributed by atoms with E-state index in [9.17, 15) is 0 Å². The molecule has 43 heavy (non-hydrogen) atoms. The third kappa shape index (κ3) is 5.68. The van der Waals surface area contributed by atoms with Gasteiger partial charge in [0.2, 0.25) is 5.96 Å². The summed E-state index contributed by atoms with van der Waals surface area (Å²) in [6.45, 7) is 0. The van der Waals surface area contributed by atoms with Crippen molar-refractivity contribution in [2.45, 2.75) is 5.50 Å². The average Bonchev–Trinajstić information content (AvgIpc) is 3.03. The zero-order valence-corrected chi connectivity index (χ0v) is 24.1. The summed E-state index contributed by atoms with van der Waals surface area (Å²) in [7, 11) is 0. The van der Waals surface area contributed by atoms with Crippen molar-refractivity contribution in [3.05, 3.63) is 126 Å². The predicted molar refractivity (Wildman–Crippen MR) is 175 cm³/mol. The molecule has 0 aliphatic carbocycles. The number of halogens is 2. The van der Waals surface area contributed by atoms with Crippen molar-refractivity contribution in [2.24, 2.45) is 4.99 Å². The number of benzene rings is 5. The van der Waals surface area contributed by atoms with Crippen LogP contribution in [-0.4, -0.2) is 32.2 Å². The van der Waals surface area contributed by atoms with E-state index in [0.717, 1.165) is 38.2 Å². The Kier molecular flexibility index (Phi) is 7.02. The molecule has 0 saturated carbocycles. The van der Waals surface area contributed by atoms with Gasteiger partial charge < -0.3 is 10.6 Å². The van der Waals surface area contributed by atoms with Crippen molar-refractivity contribution >= 4 is 56.5 Å². The van der Waals surface area contributed by atoms with Crippen LogP contribution < -0.4 is 10.6 Å². The molecule has 208 valence electrons. The van der Waals surface area contributed by atoms with E-state index in [1.807, 2.05) is 60.7 Å². The van der Waals surface area contributed by atoms with Gasteiger partial charge in [0, 0.05) is 22.3 Å². The minimum atomic E-state index is -0.514. The molecule has 1 unspecified atom stereocenters. The van der Waals surface area contributed by atoms with E-state index in [1.165, 1.54) is 0 Å². The summed E-state index contributed by atoms with van der Waals surface area (Å²) < 4.78 is 0. The summed E-state index contributed by atoms with van der Waals surface area (Å²) in [5.74, 6) is 2.04. The Labute approximate surface area is 257 Å². The minimum Gasteiger partial charge on any atom is -0.336 e. The Morgan fingerprint density at radius 2 is 1.14 bits per heavy atom. The highest BCUT2D eigenvalue weighted by Crippen LogP contribution is 2.28. The lowest BCUT2D eigenvalue weighted by atomic mass is 10.1. The Hall–Kier alpha value is -5.11. The van der Waals surface area contributed by atoms with Crippen LogP contribution in [0.4, 0.5) is 0 Å². The fourth-order valence-corrected chi connectivity index (χ4v) is 5.43. The molecule has 7 nitrogen and oxygen atoms in total. The van der Waals surface area contributed by atoms with E-state index in [0.29, 0.717) is 34.2 Å². The van der Waals surface area contributed by atoms with E-state index in [1.54, 1.807) is 6.08 Å². The first kappa shape index (κ1) is 26.8. The van der Waals surface area contributed by atoms with Gasteiger partial charge in [-0.3, -0.25) is 5.41 Å². The first-order valence-corrected chi connectivity index (χ1v) is 14.4. The van der Waals surface area contributed by atoms with Gasteiger partial charge >= 0.3 is 0 Å². The quantitative estimate of drug-likeness (QED) is 0.0834. The number of guanidine groups is 1. The Morgan fingerprint density at radius 3 is 1.67 bits per heavy atom. The Bertz CT molecular complexity index is 1990. The van der Waals surface area contributed by atoms with Crippen molar-refractivity contribution in [1.29, 1.82) is 5.41 Å². The maximum Gasteiger partial charge on any atom is 0.204 e. The maximum absolute atomic E-state index is 8.48. The molecule has 9 heteroatoms. The molecule has 0 saturated heterocycles. The molecule has 0 fully saturated rings. The van der Waals surface area contributed by atoms with Gasteiger partial charge in [0.25, 0.3) is 0 Å². The third-order valence-electron chi connectivity index (χ3n) is 7.10. The standard InChI is InChI=1S/C34H23Cl2N7/c35-28-19-29(36)39-34(38-28)40-30(37)22-11-13-23(14-12-22)31-41-32(26-15-9-20-5-1-3-7-24(20)17-26)43-33(42-31)27-16-10-21-6-2-4-8-25(21)18-27/h1-19,28H,(H3,37,38,39,40). The molecule has 1 aromatic heterocycles. The summed E-state index contributed by atoms with van der Waals surface area (Å²) in [5, 5.41) is 19.1. The molecule has 0 radical (unpaired) electrons. The SMILES string of the molecule is N=C(/N=C1\NC(Cl)=CC(Cl)N1)c1ccc(-c2nc(-c3ccc4ccccc4c3)nc(-c3ccc4ccccc4c3)n2)cc1. The maximum atomic E-state index is 8.48. The highest BCUT2D eigenvalue weighted by molar-refractivity contribution is 6.32. The van der Waals surface area contributed by atoms with E-state index in [2.05, 4.69) is 64.2 Å². The van der Waals surface area contributed by atoms with Crippen molar-refractivity contribution < 1.29 is 0 Å². The summed E-state index contributed by atoms with van der Waals surface area (Å²) in [6, 6.07) is 36.3. The van der Waals surface area contributed by atoms with Crippen LogP contribution in [0.3, 0.4) is 0 Å². The lowest BCUT2D eigenvalue weighted by Gasteiger charge is -2.19. The summed E-state index contributed by atoms with van der Waals surface area (Å²) in [6.07, 6.45) is 1.60. The fraction of sp³-hybridized carbons (Fsp3) is 0.0294. The number of amidine groups is 1. The van der Waals surface area contributed by atoms with Gasteiger partial charge in [-0.2, -0.15) is 4.99 Å². The lowest BCUT2D eigenvalue weighted by Crippen LogP contribution is -2.44. The topological polar surface area (TPSA) is 98.9 Å². The second-order valence-electron chi connectivity index (χ2n) is 10.0. The molecule has 2 heterocycles. The van der Waals surface area contributed by atoms with Gasteiger partial charge in [0.1, 0.15) is 10.7 Å². The second-order valence-corrected chi connectivity index (χ2v) is 10.9. The monoisotopic (exact) mass is 599 g/mol. The van der Waals surface area contributed by atoms with Crippen LogP contribution in [-0.2, 0) is 0 Å². The van der Waals surface area contributed by atoms with Gasteiger partial charge in [-0.05, 0) is 39.8 Å². The molecular weight excluding hydrogens is 577 g/mol. The van der Waals surface area contributed by atoms with E-state index < -0.39 is 5.50 Å². The normalized spacial score (nSPS) is 15.6. The molecule has 5 aromatic carbocycles. The third-order valence-corrected chi connectivity index (χ3v) is 7.55. The molecule has 7 rings (SSSR count). The number of aliphatic imine (C=N–C) groups is 1. The van der Waals surface area contributed by atoms with Gasteiger partial charge in [0.05, 0.1) is 0 Å². The number of rotatable bonds is 4. The predicted octanol–water partition coefficient (Wildman–Crippen LogP) is 7.70. The zero-order chi connectivity index (χ0) is 29.3. The van der Waals surface area contributed by atoms with Crippen LogP contribution in [0.15, 0.2) is 125 Å². The van der Waals surface area contributed by atoms with Crippen LogP contribution >= 0.6 is 23.2 Å². The van der Waals surface area contributed by atoms with Gasteiger partial charge in [-0.1, -0.05) is 120 Å².